The Morgan fingerprint density at radius 1 is 1.44 bits per heavy atom. The minimum Gasteiger partial charge on any atom is -0.372 e. The Kier molecular flexibility index (Phi) is 2.39. The summed E-state index contributed by atoms with van der Waals surface area (Å²) in [5.41, 5.74) is 0.448. The molecule has 8 heteroatoms. The minimum atomic E-state index is -0.530. The highest BCUT2D eigenvalue weighted by Crippen LogP contribution is 2.37. The fraction of sp³-hybridized carbons (Fsp3) is 0.250. The first-order valence-corrected chi connectivity index (χ1v) is 4.66. The van der Waals surface area contributed by atoms with Crippen molar-refractivity contribution in [3.8, 4) is 0 Å². The van der Waals surface area contributed by atoms with E-state index in [2.05, 4.69) is 14.9 Å². The fourth-order valence-corrected chi connectivity index (χ4v) is 1.63. The molecule has 0 fully saturated rings. The van der Waals surface area contributed by atoms with Crippen molar-refractivity contribution in [1.82, 2.24) is 10.3 Å². The van der Waals surface area contributed by atoms with Gasteiger partial charge in [-0.2, -0.15) is 0 Å². The number of nitro benzene ring substituents is 1. The Balaban J connectivity index is 2.89. The maximum absolute atomic E-state index is 11.0. The van der Waals surface area contributed by atoms with Gasteiger partial charge in [-0.1, -0.05) is 11.6 Å². The predicted molar refractivity (Wildman–Crippen MR) is 57.8 cm³/mol. The summed E-state index contributed by atoms with van der Waals surface area (Å²) in [7, 11) is 3.36. The van der Waals surface area contributed by atoms with Crippen LogP contribution in [0, 0.1) is 10.1 Å². The molecule has 0 saturated carbocycles. The summed E-state index contributed by atoms with van der Waals surface area (Å²) in [6.07, 6.45) is 0. The SMILES string of the molecule is CN(C)c1cc(Cl)c2nonc2c1[N+](=O)[O-]. The van der Waals surface area contributed by atoms with Gasteiger partial charge < -0.3 is 4.90 Å². The molecule has 0 atom stereocenters. The van der Waals surface area contributed by atoms with E-state index in [1.165, 1.54) is 6.07 Å². The second kappa shape index (κ2) is 3.60. The minimum absolute atomic E-state index is 0.0567. The molecule has 0 amide bonds. The van der Waals surface area contributed by atoms with Crippen molar-refractivity contribution >= 4 is 34.0 Å². The van der Waals surface area contributed by atoms with Crippen LogP contribution in [0.1, 0.15) is 0 Å². The van der Waals surface area contributed by atoms with Crippen LogP contribution in [0.3, 0.4) is 0 Å². The summed E-state index contributed by atoms with van der Waals surface area (Å²) in [4.78, 5) is 12.0. The molecule has 0 saturated heterocycles. The van der Waals surface area contributed by atoms with Crippen molar-refractivity contribution in [1.29, 1.82) is 0 Å². The number of hydrogen-bond donors (Lipinski definition) is 0. The fourth-order valence-electron chi connectivity index (χ4n) is 1.40. The second-order valence-electron chi connectivity index (χ2n) is 3.34. The van der Waals surface area contributed by atoms with Gasteiger partial charge in [0.05, 0.1) is 9.95 Å². The molecule has 0 aliphatic heterocycles. The van der Waals surface area contributed by atoms with Crippen LogP contribution in [-0.2, 0) is 0 Å². The summed E-state index contributed by atoms with van der Waals surface area (Å²) in [5, 5.41) is 18.3. The van der Waals surface area contributed by atoms with E-state index in [-0.39, 0.29) is 21.7 Å². The lowest BCUT2D eigenvalue weighted by Crippen LogP contribution is -2.11. The Morgan fingerprint density at radius 3 is 2.62 bits per heavy atom. The number of nitrogens with zero attached hydrogens (tertiary/aromatic N) is 4. The van der Waals surface area contributed by atoms with Crippen LogP contribution in [0.5, 0.6) is 0 Å². The Bertz CT molecular complexity index is 566. The van der Waals surface area contributed by atoms with E-state index in [9.17, 15) is 10.1 Å². The number of halogens is 1. The molecule has 7 nitrogen and oxygen atoms in total. The number of anilines is 1. The zero-order valence-corrected chi connectivity index (χ0v) is 9.22. The Hall–Kier alpha value is -1.89. The standard InChI is InChI=1S/C8H7ClN4O3/c1-12(2)5-3-4(9)6-7(11-16-10-6)8(5)13(14)15/h3H,1-2H3. The molecule has 2 rings (SSSR count). The Labute approximate surface area is 94.7 Å². The van der Waals surface area contributed by atoms with Crippen LogP contribution in [0.4, 0.5) is 11.4 Å². The summed E-state index contributed by atoms with van der Waals surface area (Å²) in [6.45, 7) is 0. The topological polar surface area (TPSA) is 85.3 Å². The van der Waals surface area contributed by atoms with Crippen LogP contribution in [0.25, 0.3) is 11.0 Å². The van der Waals surface area contributed by atoms with Gasteiger partial charge in [0.1, 0.15) is 5.69 Å². The Morgan fingerprint density at radius 2 is 2.06 bits per heavy atom. The van der Waals surface area contributed by atoms with Gasteiger partial charge in [-0.25, -0.2) is 4.63 Å². The van der Waals surface area contributed by atoms with Crippen molar-refractivity contribution in [3.63, 3.8) is 0 Å². The largest absolute Gasteiger partial charge is 0.372 e. The molecule has 1 heterocycles. The summed E-state index contributed by atoms with van der Waals surface area (Å²) < 4.78 is 4.46. The lowest BCUT2D eigenvalue weighted by atomic mass is 10.2. The zero-order chi connectivity index (χ0) is 11.9. The van der Waals surface area contributed by atoms with Gasteiger partial charge >= 0.3 is 5.69 Å². The third-order valence-electron chi connectivity index (χ3n) is 2.11. The smallest absolute Gasteiger partial charge is 0.323 e. The molecule has 0 aliphatic carbocycles. The molecule has 0 aliphatic rings. The summed E-state index contributed by atoms with van der Waals surface area (Å²) in [5.74, 6) is 0. The first kappa shape index (κ1) is 10.6. The predicted octanol–water partition coefficient (Wildman–Crippen LogP) is 1.85. The van der Waals surface area contributed by atoms with Crippen molar-refractivity contribution in [2.24, 2.45) is 0 Å². The van der Waals surface area contributed by atoms with E-state index < -0.39 is 4.92 Å². The number of rotatable bonds is 2. The second-order valence-corrected chi connectivity index (χ2v) is 3.75. The van der Waals surface area contributed by atoms with Crippen molar-refractivity contribution < 1.29 is 9.55 Å². The van der Waals surface area contributed by atoms with E-state index in [0.29, 0.717) is 5.69 Å². The zero-order valence-electron chi connectivity index (χ0n) is 8.47. The van der Waals surface area contributed by atoms with Crippen molar-refractivity contribution in [3.05, 3.63) is 21.2 Å². The van der Waals surface area contributed by atoms with Crippen molar-refractivity contribution in [2.75, 3.05) is 19.0 Å². The maximum Gasteiger partial charge on any atom is 0.323 e. The van der Waals surface area contributed by atoms with Crippen LogP contribution in [0.15, 0.2) is 10.7 Å². The average molecular weight is 243 g/mol. The van der Waals surface area contributed by atoms with Gasteiger partial charge in [0.2, 0.25) is 5.52 Å². The highest BCUT2D eigenvalue weighted by atomic mass is 35.5. The third kappa shape index (κ3) is 1.45. The molecular formula is C8H7ClN4O3. The van der Waals surface area contributed by atoms with Gasteiger partial charge in [0, 0.05) is 14.1 Å². The molecule has 2 aromatic rings. The average Bonchev–Trinajstić information content (AvgIpc) is 2.65. The van der Waals surface area contributed by atoms with E-state index in [1.807, 2.05) is 0 Å². The van der Waals surface area contributed by atoms with Gasteiger partial charge in [0.15, 0.2) is 5.52 Å². The number of aromatic nitrogens is 2. The highest BCUT2D eigenvalue weighted by molar-refractivity contribution is 6.35. The maximum atomic E-state index is 11.0. The number of benzene rings is 1. The van der Waals surface area contributed by atoms with E-state index in [0.717, 1.165) is 0 Å². The van der Waals surface area contributed by atoms with E-state index >= 15 is 0 Å². The number of hydrogen-bond acceptors (Lipinski definition) is 6. The summed E-state index contributed by atoms with van der Waals surface area (Å²) in [6, 6.07) is 1.46. The van der Waals surface area contributed by atoms with Crippen LogP contribution >= 0.6 is 11.6 Å². The third-order valence-corrected chi connectivity index (χ3v) is 2.40. The lowest BCUT2D eigenvalue weighted by Gasteiger charge is -2.12. The molecule has 1 aromatic heterocycles. The van der Waals surface area contributed by atoms with Crippen LogP contribution in [-0.4, -0.2) is 29.3 Å². The first-order valence-electron chi connectivity index (χ1n) is 4.29. The van der Waals surface area contributed by atoms with Crippen molar-refractivity contribution in [2.45, 2.75) is 0 Å². The van der Waals surface area contributed by atoms with Gasteiger partial charge in [-0.3, -0.25) is 10.1 Å². The van der Waals surface area contributed by atoms with Gasteiger partial charge in [0.25, 0.3) is 0 Å². The van der Waals surface area contributed by atoms with E-state index in [1.54, 1.807) is 19.0 Å². The molecule has 1 aromatic carbocycles. The molecular weight excluding hydrogens is 236 g/mol. The first-order chi connectivity index (χ1) is 7.52. The highest BCUT2D eigenvalue weighted by Gasteiger charge is 2.26. The molecule has 0 bridgehead atoms. The van der Waals surface area contributed by atoms with Gasteiger partial charge in [-0.05, 0) is 16.4 Å². The summed E-state index contributed by atoms with van der Waals surface area (Å²) >= 11 is 5.91. The molecule has 0 unspecified atom stereocenters. The van der Waals surface area contributed by atoms with Crippen LogP contribution in [0.2, 0.25) is 5.02 Å². The molecule has 0 spiro atoms. The number of nitro groups is 1. The lowest BCUT2D eigenvalue weighted by molar-refractivity contribution is -0.382. The molecule has 84 valence electrons. The van der Waals surface area contributed by atoms with Gasteiger partial charge in [-0.15, -0.1) is 0 Å². The van der Waals surface area contributed by atoms with E-state index in [4.69, 9.17) is 11.6 Å². The number of fused-ring (bicyclic) bond motifs is 1. The molecule has 0 radical (unpaired) electrons. The van der Waals surface area contributed by atoms with Crippen LogP contribution < -0.4 is 4.90 Å². The molecule has 0 N–H and O–H groups in total. The monoisotopic (exact) mass is 242 g/mol. The normalized spacial score (nSPS) is 10.7. The quantitative estimate of drug-likeness (QED) is 0.590. The molecule has 16 heavy (non-hydrogen) atoms.